The predicted molar refractivity (Wildman–Crippen MR) is 102 cm³/mol. The third-order valence-corrected chi connectivity index (χ3v) is 4.96. The minimum Gasteiger partial charge on any atom is -0.486 e. The van der Waals surface area contributed by atoms with Gasteiger partial charge in [0, 0.05) is 17.4 Å². The Morgan fingerprint density at radius 3 is 2.79 bits per heavy atom. The van der Waals surface area contributed by atoms with Crippen molar-refractivity contribution in [1.82, 2.24) is 4.98 Å². The average Bonchev–Trinajstić information content (AvgIpc) is 3.16. The van der Waals surface area contributed by atoms with Crippen LogP contribution in [0, 0.1) is 11.6 Å². The van der Waals surface area contributed by atoms with E-state index in [9.17, 15) is 13.6 Å². The maximum atomic E-state index is 13.8. The SMILES string of the molecule is O=C(CCc1ccc2c(c1)OCCO2)Nc1nc(-c2cc(F)ccc2F)cs1. The molecule has 0 radical (unpaired) electrons. The minimum absolute atomic E-state index is 0.0630. The molecule has 0 aliphatic carbocycles. The summed E-state index contributed by atoms with van der Waals surface area (Å²) in [6.07, 6.45) is 0.780. The second-order valence-electron chi connectivity index (χ2n) is 6.19. The van der Waals surface area contributed by atoms with Crippen molar-refractivity contribution in [2.75, 3.05) is 18.5 Å². The number of benzene rings is 2. The van der Waals surface area contributed by atoms with Crippen molar-refractivity contribution in [2.24, 2.45) is 0 Å². The molecule has 0 atom stereocenters. The molecule has 2 aromatic carbocycles. The number of hydrogen-bond donors (Lipinski definition) is 1. The number of ether oxygens (including phenoxy) is 2. The Morgan fingerprint density at radius 2 is 1.93 bits per heavy atom. The molecule has 4 rings (SSSR count). The third kappa shape index (κ3) is 4.12. The Kier molecular flexibility index (Phi) is 5.21. The van der Waals surface area contributed by atoms with E-state index in [0.717, 1.165) is 35.1 Å². The minimum atomic E-state index is -0.566. The molecule has 5 nitrogen and oxygen atoms in total. The zero-order chi connectivity index (χ0) is 19.5. The fraction of sp³-hybridized carbons (Fsp3) is 0.200. The van der Waals surface area contributed by atoms with Crippen LogP contribution >= 0.6 is 11.3 Å². The number of hydrogen-bond acceptors (Lipinski definition) is 5. The number of halogens is 2. The Hall–Kier alpha value is -3.00. The van der Waals surface area contributed by atoms with Gasteiger partial charge in [-0.05, 0) is 42.3 Å². The van der Waals surface area contributed by atoms with E-state index in [-0.39, 0.29) is 23.6 Å². The molecule has 28 heavy (non-hydrogen) atoms. The van der Waals surface area contributed by atoms with Crippen LogP contribution in [-0.4, -0.2) is 24.1 Å². The van der Waals surface area contributed by atoms with Gasteiger partial charge in [0.1, 0.15) is 24.8 Å². The van der Waals surface area contributed by atoms with Crippen LogP contribution in [0.25, 0.3) is 11.3 Å². The lowest BCUT2D eigenvalue weighted by Crippen LogP contribution is -2.15. The number of carbonyl (C=O) groups is 1. The summed E-state index contributed by atoms with van der Waals surface area (Å²) in [7, 11) is 0. The fourth-order valence-electron chi connectivity index (χ4n) is 2.83. The highest BCUT2D eigenvalue weighted by Crippen LogP contribution is 2.31. The van der Waals surface area contributed by atoms with E-state index in [2.05, 4.69) is 10.3 Å². The van der Waals surface area contributed by atoms with E-state index < -0.39 is 11.6 Å². The van der Waals surface area contributed by atoms with E-state index in [4.69, 9.17) is 9.47 Å². The summed E-state index contributed by atoms with van der Waals surface area (Å²) in [6.45, 7) is 1.04. The lowest BCUT2D eigenvalue weighted by Gasteiger charge is -2.18. The first-order valence-corrected chi connectivity index (χ1v) is 9.56. The normalized spacial score (nSPS) is 12.6. The van der Waals surface area contributed by atoms with Crippen LogP contribution in [0.3, 0.4) is 0 Å². The number of rotatable bonds is 5. The maximum absolute atomic E-state index is 13.8. The van der Waals surface area contributed by atoms with Crippen molar-refractivity contribution in [2.45, 2.75) is 12.8 Å². The molecular formula is C20H16F2N2O3S. The van der Waals surface area contributed by atoms with Crippen LogP contribution in [-0.2, 0) is 11.2 Å². The molecule has 1 N–H and O–H groups in total. The molecule has 0 spiro atoms. The number of fused-ring (bicyclic) bond motifs is 1. The lowest BCUT2D eigenvalue weighted by atomic mass is 10.1. The quantitative estimate of drug-likeness (QED) is 0.686. The van der Waals surface area contributed by atoms with Crippen LogP contribution in [0.2, 0.25) is 0 Å². The molecule has 8 heteroatoms. The Balaban J connectivity index is 1.37. The summed E-state index contributed by atoms with van der Waals surface area (Å²) in [5.41, 5.74) is 1.30. The molecule has 1 aliphatic heterocycles. The van der Waals surface area contributed by atoms with Gasteiger partial charge in [-0.1, -0.05) is 6.07 Å². The maximum Gasteiger partial charge on any atom is 0.226 e. The standard InChI is InChI=1S/C20H16F2N2O3S/c21-13-3-4-15(22)14(10-13)16-11-28-20(23-16)24-19(25)6-2-12-1-5-17-18(9-12)27-8-7-26-17/h1,3-5,9-11H,2,6-8H2,(H,23,24,25). The smallest absolute Gasteiger partial charge is 0.226 e. The summed E-state index contributed by atoms with van der Waals surface area (Å²) in [5, 5.41) is 4.61. The van der Waals surface area contributed by atoms with Gasteiger partial charge in [-0.2, -0.15) is 0 Å². The van der Waals surface area contributed by atoms with Crippen molar-refractivity contribution in [3.63, 3.8) is 0 Å². The molecule has 1 aromatic heterocycles. The van der Waals surface area contributed by atoms with Gasteiger partial charge in [0.2, 0.25) is 5.91 Å². The highest BCUT2D eigenvalue weighted by atomic mass is 32.1. The second kappa shape index (κ2) is 7.93. The van der Waals surface area contributed by atoms with Crippen molar-refractivity contribution >= 4 is 22.4 Å². The van der Waals surface area contributed by atoms with E-state index in [1.165, 1.54) is 0 Å². The number of aromatic nitrogens is 1. The largest absolute Gasteiger partial charge is 0.486 e. The van der Waals surface area contributed by atoms with Gasteiger partial charge in [0.25, 0.3) is 0 Å². The Morgan fingerprint density at radius 1 is 1.11 bits per heavy atom. The summed E-state index contributed by atoms with van der Waals surface area (Å²) < 4.78 is 38.2. The van der Waals surface area contributed by atoms with Gasteiger partial charge in [-0.25, -0.2) is 13.8 Å². The van der Waals surface area contributed by atoms with E-state index in [1.807, 2.05) is 18.2 Å². The number of nitrogens with one attached hydrogen (secondary N) is 1. The number of amides is 1. The van der Waals surface area contributed by atoms with Gasteiger partial charge >= 0.3 is 0 Å². The number of thiazole rings is 1. The molecule has 0 unspecified atom stereocenters. The number of aryl methyl sites for hydroxylation is 1. The highest BCUT2D eigenvalue weighted by molar-refractivity contribution is 7.14. The molecule has 1 aliphatic rings. The molecule has 144 valence electrons. The van der Waals surface area contributed by atoms with E-state index >= 15 is 0 Å². The first-order chi connectivity index (χ1) is 13.6. The van der Waals surface area contributed by atoms with Gasteiger partial charge < -0.3 is 14.8 Å². The molecule has 0 bridgehead atoms. The predicted octanol–water partition coefficient (Wildman–Crippen LogP) is 4.43. The van der Waals surface area contributed by atoms with Crippen LogP contribution in [0.15, 0.2) is 41.8 Å². The summed E-state index contributed by atoms with van der Waals surface area (Å²) in [6, 6.07) is 8.78. The first kappa shape index (κ1) is 18.4. The monoisotopic (exact) mass is 402 g/mol. The molecular weight excluding hydrogens is 386 g/mol. The van der Waals surface area contributed by atoms with Gasteiger partial charge in [-0.3, -0.25) is 4.79 Å². The number of anilines is 1. The van der Waals surface area contributed by atoms with Crippen LogP contribution in [0.4, 0.5) is 13.9 Å². The topological polar surface area (TPSA) is 60.5 Å². The zero-order valence-electron chi connectivity index (χ0n) is 14.7. The molecule has 0 saturated carbocycles. The lowest BCUT2D eigenvalue weighted by molar-refractivity contribution is -0.116. The molecule has 3 aromatic rings. The van der Waals surface area contributed by atoms with Crippen molar-refractivity contribution in [3.05, 3.63) is 59.0 Å². The molecule has 2 heterocycles. The van der Waals surface area contributed by atoms with E-state index in [0.29, 0.717) is 36.3 Å². The highest BCUT2D eigenvalue weighted by Gasteiger charge is 2.14. The Labute approximate surface area is 163 Å². The summed E-state index contributed by atoms with van der Waals surface area (Å²) >= 11 is 1.16. The van der Waals surface area contributed by atoms with Crippen LogP contribution in [0.1, 0.15) is 12.0 Å². The van der Waals surface area contributed by atoms with Gasteiger partial charge in [0.05, 0.1) is 5.69 Å². The molecule has 0 saturated heterocycles. The Bertz CT molecular complexity index is 1020. The second-order valence-corrected chi connectivity index (χ2v) is 7.05. The molecule has 1 amide bonds. The van der Waals surface area contributed by atoms with Crippen LogP contribution in [0.5, 0.6) is 11.5 Å². The van der Waals surface area contributed by atoms with Crippen molar-refractivity contribution in [3.8, 4) is 22.8 Å². The zero-order valence-corrected chi connectivity index (χ0v) is 15.5. The van der Waals surface area contributed by atoms with Gasteiger partial charge in [-0.15, -0.1) is 11.3 Å². The summed E-state index contributed by atoms with van der Waals surface area (Å²) in [4.78, 5) is 16.4. The van der Waals surface area contributed by atoms with Crippen molar-refractivity contribution in [1.29, 1.82) is 0 Å². The first-order valence-electron chi connectivity index (χ1n) is 8.68. The van der Waals surface area contributed by atoms with Gasteiger partial charge in [0.15, 0.2) is 16.6 Å². The molecule has 0 fully saturated rings. The summed E-state index contributed by atoms with van der Waals surface area (Å²) in [5.74, 6) is 0.0679. The van der Waals surface area contributed by atoms with Crippen molar-refractivity contribution < 1.29 is 23.0 Å². The third-order valence-electron chi connectivity index (χ3n) is 4.20. The number of nitrogens with zero attached hydrogens (tertiary/aromatic N) is 1. The van der Waals surface area contributed by atoms with E-state index in [1.54, 1.807) is 5.38 Å². The number of carbonyl (C=O) groups excluding carboxylic acids is 1. The average molecular weight is 402 g/mol. The fourth-order valence-corrected chi connectivity index (χ4v) is 3.56. The van der Waals surface area contributed by atoms with Crippen LogP contribution < -0.4 is 14.8 Å².